The van der Waals surface area contributed by atoms with E-state index in [-0.39, 0.29) is 6.04 Å². The summed E-state index contributed by atoms with van der Waals surface area (Å²) in [4.78, 5) is 0. The molecule has 0 aliphatic rings. The molecule has 0 radical (unpaired) electrons. The lowest BCUT2D eigenvalue weighted by Crippen LogP contribution is -2.18. The van der Waals surface area contributed by atoms with Gasteiger partial charge in [0.2, 0.25) is 0 Å². The number of rotatable bonds is 4. The van der Waals surface area contributed by atoms with Crippen LogP contribution in [-0.2, 0) is 0 Å². The fourth-order valence-corrected chi connectivity index (χ4v) is 2.84. The van der Waals surface area contributed by atoms with E-state index in [9.17, 15) is 0 Å². The molecule has 0 fully saturated rings. The summed E-state index contributed by atoms with van der Waals surface area (Å²) in [6.45, 7) is 2.03. The maximum atomic E-state index is 6.30. The van der Waals surface area contributed by atoms with Crippen molar-refractivity contribution in [3.8, 4) is 5.75 Å². The Labute approximate surface area is 129 Å². The summed E-state index contributed by atoms with van der Waals surface area (Å²) in [6.07, 6.45) is 0. The Kier molecular flexibility index (Phi) is 4.92. The smallest absolute Gasteiger partial charge is 0.121 e. The molecule has 2 aromatic rings. The van der Waals surface area contributed by atoms with Crippen molar-refractivity contribution in [1.82, 2.24) is 5.32 Å². The highest BCUT2D eigenvalue weighted by Crippen LogP contribution is 2.32. The largest absolute Gasteiger partial charge is 0.496 e. The van der Waals surface area contributed by atoms with E-state index < -0.39 is 0 Å². The predicted octanol–water partition coefficient (Wildman–Crippen LogP) is 4.62. The van der Waals surface area contributed by atoms with E-state index in [4.69, 9.17) is 27.9 Å². The Morgan fingerprint density at radius 3 is 2.40 bits per heavy atom. The Morgan fingerprint density at radius 2 is 1.85 bits per heavy atom. The number of halogens is 2. The summed E-state index contributed by atoms with van der Waals surface area (Å²) < 4.78 is 5.29. The minimum Gasteiger partial charge on any atom is -0.496 e. The van der Waals surface area contributed by atoms with Gasteiger partial charge >= 0.3 is 0 Å². The number of hydrogen-bond donors (Lipinski definition) is 1. The SMILES string of the molecule is CNC(c1ccc(OC)c(C)c1)c1ccc(Cl)cc1Cl. The molecule has 0 heterocycles. The molecule has 1 atom stereocenters. The average molecular weight is 310 g/mol. The minimum atomic E-state index is 0.0179. The van der Waals surface area contributed by atoms with E-state index in [1.54, 1.807) is 13.2 Å². The highest BCUT2D eigenvalue weighted by Gasteiger charge is 2.16. The molecule has 0 aliphatic carbocycles. The number of methoxy groups -OCH3 is 1. The van der Waals surface area contributed by atoms with Gasteiger partial charge in [0, 0.05) is 10.0 Å². The van der Waals surface area contributed by atoms with Crippen LogP contribution in [0.4, 0.5) is 0 Å². The van der Waals surface area contributed by atoms with Crippen molar-refractivity contribution < 1.29 is 4.74 Å². The van der Waals surface area contributed by atoms with Gasteiger partial charge in [-0.05, 0) is 48.9 Å². The van der Waals surface area contributed by atoms with E-state index in [1.807, 2.05) is 38.2 Å². The molecule has 0 bridgehead atoms. The lowest BCUT2D eigenvalue weighted by atomic mass is 9.97. The molecule has 1 unspecified atom stereocenters. The van der Waals surface area contributed by atoms with Crippen LogP contribution < -0.4 is 10.1 Å². The maximum absolute atomic E-state index is 6.30. The fraction of sp³-hybridized carbons (Fsp3) is 0.250. The second kappa shape index (κ2) is 6.49. The summed E-state index contributed by atoms with van der Waals surface area (Å²) in [5, 5.41) is 4.59. The van der Waals surface area contributed by atoms with Crippen molar-refractivity contribution in [2.45, 2.75) is 13.0 Å². The van der Waals surface area contributed by atoms with Gasteiger partial charge < -0.3 is 10.1 Å². The molecule has 0 aromatic heterocycles. The summed E-state index contributed by atoms with van der Waals surface area (Å²) in [5.74, 6) is 0.880. The van der Waals surface area contributed by atoms with Gasteiger partial charge in [0.15, 0.2) is 0 Å². The molecule has 106 valence electrons. The van der Waals surface area contributed by atoms with Crippen LogP contribution in [0.25, 0.3) is 0 Å². The first-order chi connectivity index (χ1) is 9.56. The Bertz CT molecular complexity index is 613. The van der Waals surface area contributed by atoms with Crippen LogP contribution >= 0.6 is 23.2 Å². The van der Waals surface area contributed by atoms with Gasteiger partial charge in [-0.25, -0.2) is 0 Å². The average Bonchev–Trinajstić information content (AvgIpc) is 2.42. The standard InChI is InChI=1S/C16H17Cl2NO/c1-10-8-11(4-7-15(10)20-3)16(19-2)13-6-5-12(17)9-14(13)18/h4-9,16,19H,1-3H3. The van der Waals surface area contributed by atoms with Crippen molar-refractivity contribution in [1.29, 1.82) is 0 Å². The maximum Gasteiger partial charge on any atom is 0.121 e. The Morgan fingerprint density at radius 1 is 1.10 bits per heavy atom. The highest BCUT2D eigenvalue weighted by atomic mass is 35.5. The van der Waals surface area contributed by atoms with Crippen LogP contribution in [-0.4, -0.2) is 14.2 Å². The molecule has 2 nitrogen and oxygen atoms in total. The molecule has 0 amide bonds. The molecule has 20 heavy (non-hydrogen) atoms. The van der Waals surface area contributed by atoms with Crippen molar-refractivity contribution in [2.75, 3.05) is 14.2 Å². The lowest BCUT2D eigenvalue weighted by Gasteiger charge is -2.20. The van der Waals surface area contributed by atoms with Crippen molar-refractivity contribution >= 4 is 23.2 Å². The zero-order chi connectivity index (χ0) is 14.7. The normalized spacial score (nSPS) is 12.2. The summed E-state index contributed by atoms with van der Waals surface area (Å²) in [6, 6.07) is 11.7. The molecule has 2 aromatic carbocycles. The van der Waals surface area contributed by atoms with E-state index in [0.29, 0.717) is 10.0 Å². The molecular formula is C16H17Cl2NO. The van der Waals surface area contributed by atoms with Gasteiger partial charge in [-0.3, -0.25) is 0 Å². The molecule has 1 N–H and O–H groups in total. The van der Waals surface area contributed by atoms with Gasteiger partial charge in [-0.15, -0.1) is 0 Å². The number of ether oxygens (including phenoxy) is 1. The van der Waals surface area contributed by atoms with E-state index in [0.717, 1.165) is 22.4 Å². The molecule has 0 saturated heterocycles. The van der Waals surface area contributed by atoms with Gasteiger partial charge in [0.1, 0.15) is 5.75 Å². The fourth-order valence-electron chi connectivity index (χ4n) is 2.32. The Hall–Kier alpha value is -1.22. The van der Waals surface area contributed by atoms with Crippen molar-refractivity contribution in [2.24, 2.45) is 0 Å². The molecule has 2 rings (SSSR count). The van der Waals surface area contributed by atoms with Crippen LogP contribution in [0.1, 0.15) is 22.7 Å². The number of hydrogen-bond acceptors (Lipinski definition) is 2. The van der Waals surface area contributed by atoms with Gasteiger partial charge in [0.25, 0.3) is 0 Å². The van der Waals surface area contributed by atoms with Crippen LogP contribution in [0.3, 0.4) is 0 Å². The first kappa shape index (κ1) is 15.2. The van der Waals surface area contributed by atoms with E-state index in [1.165, 1.54) is 0 Å². The van der Waals surface area contributed by atoms with Crippen molar-refractivity contribution in [3.63, 3.8) is 0 Å². The number of benzene rings is 2. The van der Waals surface area contributed by atoms with Crippen molar-refractivity contribution in [3.05, 3.63) is 63.1 Å². The minimum absolute atomic E-state index is 0.0179. The van der Waals surface area contributed by atoms with E-state index in [2.05, 4.69) is 11.4 Å². The van der Waals surface area contributed by atoms with E-state index >= 15 is 0 Å². The quantitative estimate of drug-likeness (QED) is 0.890. The first-order valence-corrected chi connectivity index (χ1v) is 7.09. The second-order valence-corrected chi connectivity index (χ2v) is 5.46. The number of nitrogens with one attached hydrogen (secondary N) is 1. The van der Waals surface area contributed by atoms with Gasteiger partial charge in [-0.2, -0.15) is 0 Å². The molecular weight excluding hydrogens is 293 g/mol. The summed E-state index contributed by atoms with van der Waals surface area (Å²) in [7, 11) is 3.59. The monoisotopic (exact) mass is 309 g/mol. The third-order valence-corrected chi connectivity index (χ3v) is 3.88. The zero-order valence-electron chi connectivity index (χ0n) is 11.7. The lowest BCUT2D eigenvalue weighted by molar-refractivity contribution is 0.411. The molecule has 4 heteroatoms. The Balaban J connectivity index is 2.44. The predicted molar refractivity (Wildman–Crippen MR) is 85.1 cm³/mol. The topological polar surface area (TPSA) is 21.3 Å². The van der Waals surface area contributed by atoms with Crippen LogP contribution in [0.15, 0.2) is 36.4 Å². The zero-order valence-corrected chi connectivity index (χ0v) is 13.2. The van der Waals surface area contributed by atoms with Gasteiger partial charge in [-0.1, -0.05) is 41.4 Å². The number of aryl methyl sites for hydroxylation is 1. The molecule has 0 aliphatic heterocycles. The van der Waals surface area contributed by atoms with Crippen LogP contribution in [0.2, 0.25) is 10.0 Å². The third-order valence-electron chi connectivity index (χ3n) is 3.31. The summed E-state index contributed by atoms with van der Waals surface area (Å²) in [5.41, 5.74) is 3.23. The van der Waals surface area contributed by atoms with Crippen LogP contribution in [0, 0.1) is 6.92 Å². The first-order valence-electron chi connectivity index (χ1n) is 6.33. The third kappa shape index (κ3) is 3.09. The molecule has 0 saturated carbocycles. The van der Waals surface area contributed by atoms with Crippen LogP contribution in [0.5, 0.6) is 5.75 Å². The second-order valence-electron chi connectivity index (χ2n) is 4.62. The molecule has 0 spiro atoms. The highest BCUT2D eigenvalue weighted by molar-refractivity contribution is 6.35. The van der Waals surface area contributed by atoms with Gasteiger partial charge in [0.05, 0.1) is 13.2 Å². The summed E-state index contributed by atoms with van der Waals surface area (Å²) >= 11 is 12.3.